The zero-order chi connectivity index (χ0) is 20.5. The number of ether oxygens (including phenoxy) is 1. The summed E-state index contributed by atoms with van der Waals surface area (Å²) in [7, 11) is 0. The molecular formula is C20H21ClN4O5. The number of amides is 2. The zero-order valence-electron chi connectivity index (χ0n) is 16.0. The van der Waals surface area contributed by atoms with E-state index in [1.165, 1.54) is 23.1 Å². The quantitative estimate of drug-likeness (QED) is 0.434. The van der Waals surface area contributed by atoms with E-state index >= 15 is 0 Å². The zero-order valence-corrected chi connectivity index (χ0v) is 16.8. The number of nitrogen functional groups attached to an aromatic ring is 1. The highest BCUT2D eigenvalue weighted by molar-refractivity contribution is 6.02. The Morgan fingerprint density at radius 1 is 1.30 bits per heavy atom. The van der Waals surface area contributed by atoms with E-state index in [9.17, 15) is 19.7 Å². The predicted octanol–water partition coefficient (Wildman–Crippen LogP) is 2.52. The third-order valence-electron chi connectivity index (χ3n) is 5.21. The van der Waals surface area contributed by atoms with E-state index in [2.05, 4.69) is 5.32 Å². The van der Waals surface area contributed by atoms with Crippen LogP contribution in [0, 0.1) is 10.1 Å². The van der Waals surface area contributed by atoms with Gasteiger partial charge in [-0.2, -0.15) is 0 Å². The molecule has 10 heteroatoms. The second kappa shape index (κ2) is 8.58. The number of rotatable bonds is 4. The second-order valence-electron chi connectivity index (χ2n) is 7.15. The summed E-state index contributed by atoms with van der Waals surface area (Å²) in [6.07, 6.45) is 2.63. The van der Waals surface area contributed by atoms with Gasteiger partial charge in [-0.05, 0) is 48.6 Å². The highest BCUT2D eigenvalue weighted by atomic mass is 35.5. The number of hydrogen-bond donors (Lipinski definition) is 2. The first-order valence-electron chi connectivity index (χ1n) is 9.31. The van der Waals surface area contributed by atoms with Gasteiger partial charge in [0.05, 0.1) is 16.7 Å². The molecule has 0 aromatic heterocycles. The molecule has 9 nitrogen and oxygen atoms in total. The van der Waals surface area contributed by atoms with Crippen molar-refractivity contribution in [1.82, 2.24) is 5.32 Å². The lowest BCUT2D eigenvalue weighted by Gasteiger charge is -2.30. The Hall–Kier alpha value is -3.33. The number of carbonyl (C=O) groups is 2. The summed E-state index contributed by atoms with van der Waals surface area (Å²) in [5, 5.41) is 14.1. The summed E-state index contributed by atoms with van der Waals surface area (Å²) in [5.74, 6) is -0.432. The highest BCUT2D eigenvalue weighted by Gasteiger charge is 2.30. The molecule has 0 spiro atoms. The van der Waals surface area contributed by atoms with Gasteiger partial charge in [-0.15, -0.1) is 12.4 Å². The number of aryl methyl sites for hydroxylation is 1. The number of nitrogens with zero attached hydrogens (tertiary/aromatic N) is 2. The van der Waals surface area contributed by atoms with Gasteiger partial charge in [0, 0.05) is 17.8 Å². The monoisotopic (exact) mass is 432 g/mol. The Kier molecular flexibility index (Phi) is 6.12. The molecule has 1 aliphatic heterocycles. The standard InChI is InChI=1S/C20H20N4O5.ClH/c21-13-4-6-15-12(8-13)2-1-3-16(15)22-19(25)10-23-17-9-14(24(27)28)5-7-18(17)29-11-20(23)26;/h4-9,16H,1-3,10-11,21H2,(H,22,25);1H. The molecule has 2 aromatic carbocycles. The number of nitrogens with two attached hydrogens (primary N) is 1. The van der Waals surface area contributed by atoms with Gasteiger partial charge in [-0.1, -0.05) is 6.07 Å². The van der Waals surface area contributed by atoms with Crippen LogP contribution in [0.2, 0.25) is 0 Å². The largest absolute Gasteiger partial charge is 0.482 e. The van der Waals surface area contributed by atoms with Crippen molar-refractivity contribution >= 4 is 41.3 Å². The molecule has 2 aliphatic rings. The first kappa shape index (κ1) is 21.4. The van der Waals surface area contributed by atoms with Crippen LogP contribution in [0.3, 0.4) is 0 Å². The van der Waals surface area contributed by atoms with E-state index in [0.29, 0.717) is 11.4 Å². The number of fused-ring (bicyclic) bond motifs is 2. The van der Waals surface area contributed by atoms with Crippen molar-refractivity contribution in [1.29, 1.82) is 0 Å². The minimum Gasteiger partial charge on any atom is -0.482 e. The molecular weight excluding hydrogens is 412 g/mol. The number of hydrogen-bond acceptors (Lipinski definition) is 6. The number of carbonyl (C=O) groups excluding carboxylic acids is 2. The van der Waals surface area contributed by atoms with Crippen molar-refractivity contribution in [3.8, 4) is 5.75 Å². The minimum absolute atomic E-state index is 0. The Bertz CT molecular complexity index is 1010. The van der Waals surface area contributed by atoms with Gasteiger partial charge in [0.1, 0.15) is 12.3 Å². The maximum absolute atomic E-state index is 12.7. The van der Waals surface area contributed by atoms with Gasteiger partial charge in [0.25, 0.3) is 11.6 Å². The Labute approximate surface area is 178 Å². The van der Waals surface area contributed by atoms with Gasteiger partial charge >= 0.3 is 0 Å². The van der Waals surface area contributed by atoms with Gasteiger partial charge in [-0.25, -0.2) is 0 Å². The third kappa shape index (κ3) is 4.16. The van der Waals surface area contributed by atoms with Crippen molar-refractivity contribution in [2.24, 2.45) is 0 Å². The minimum atomic E-state index is -0.553. The number of anilines is 2. The van der Waals surface area contributed by atoms with Crippen LogP contribution >= 0.6 is 12.4 Å². The van der Waals surface area contributed by atoms with E-state index in [1.54, 1.807) is 0 Å². The second-order valence-corrected chi connectivity index (χ2v) is 7.15. The predicted molar refractivity (Wildman–Crippen MR) is 113 cm³/mol. The number of halogens is 1. The van der Waals surface area contributed by atoms with E-state index in [4.69, 9.17) is 10.5 Å². The molecule has 158 valence electrons. The topological polar surface area (TPSA) is 128 Å². The summed E-state index contributed by atoms with van der Waals surface area (Å²) in [6, 6.07) is 9.49. The summed E-state index contributed by atoms with van der Waals surface area (Å²) in [5.41, 5.74) is 8.74. The van der Waals surface area contributed by atoms with Crippen molar-refractivity contribution in [2.75, 3.05) is 23.8 Å². The molecule has 0 saturated carbocycles. The molecule has 1 heterocycles. The molecule has 30 heavy (non-hydrogen) atoms. The van der Waals surface area contributed by atoms with Crippen LogP contribution in [0.25, 0.3) is 0 Å². The Morgan fingerprint density at radius 3 is 2.87 bits per heavy atom. The maximum atomic E-state index is 12.7. The van der Waals surface area contributed by atoms with Crippen LogP contribution in [-0.2, 0) is 16.0 Å². The van der Waals surface area contributed by atoms with Crippen LogP contribution in [0.1, 0.15) is 30.0 Å². The fraction of sp³-hybridized carbons (Fsp3) is 0.300. The summed E-state index contributed by atoms with van der Waals surface area (Å²) in [6.45, 7) is -0.458. The first-order chi connectivity index (χ1) is 13.9. The van der Waals surface area contributed by atoms with E-state index in [0.717, 1.165) is 30.4 Å². The van der Waals surface area contributed by atoms with Gasteiger partial charge in [-0.3, -0.25) is 24.6 Å². The average molecular weight is 433 g/mol. The molecule has 0 bridgehead atoms. The summed E-state index contributed by atoms with van der Waals surface area (Å²) < 4.78 is 5.33. The number of non-ortho nitro benzene ring substituents is 1. The van der Waals surface area contributed by atoms with Crippen LogP contribution in [0.15, 0.2) is 36.4 Å². The molecule has 0 saturated heterocycles. The molecule has 1 atom stereocenters. The molecule has 2 amide bonds. The Balaban J connectivity index is 0.00000256. The number of benzene rings is 2. The van der Waals surface area contributed by atoms with Crippen molar-refractivity contribution < 1.29 is 19.2 Å². The molecule has 3 N–H and O–H groups in total. The van der Waals surface area contributed by atoms with Gasteiger partial charge < -0.3 is 15.8 Å². The van der Waals surface area contributed by atoms with Crippen LogP contribution in [-0.4, -0.2) is 29.9 Å². The molecule has 0 fully saturated rings. The molecule has 1 aliphatic carbocycles. The summed E-state index contributed by atoms with van der Waals surface area (Å²) >= 11 is 0. The van der Waals surface area contributed by atoms with Crippen LogP contribution < -0.4 is 20.7 Å². The summed E-state index contributed by atoms with van der Waals surface area (Å²) in [4.78, 5) is 36.8. The fourth-order valence-electron chi connectivity index (χ4n) is 3.85. The van der Waals surface area contributed by atoms with Crippen molar-refractivity contribution in [3.63, 3.8) is 0 Å². The van der Waals surface area contributed by atoms with Gasteiger partial charge in [0.2, 0.25) is 5.91 Å². The number of nitro groups is 1. The lowest BCUT2D eigenvalue weighted by atomic mass is 9.87. The van der Waals surface area contributed by atoms with Crippen LogP contribution in [0.4, 0.5) is 17.1 Å². The number of nitro benzene ring substituents is 1. The first-order valence-corrected chi connectivity index (χ1v) is 9.31. The molecule has 0 radical (unpaired) electrons. The lowest BCUT2D eigenvalue weighted by Crippen LogP contribution is -2.46. The SMILES string of the molecule is Cl.Nc1ccc2c(c1)CCCC2NC(=O)CN1C(=O)COc2ccc([N+](=O)[O-])cc21. The third-order valence-corrected chi connectivity index (χ3v) is 5.21. The Morgan fingerprint density at radius 2 is 2.10 bits per heavy atom. The van der Waals surface area contributed by atoms with Crippen molar-refractivity contribution in [2.45, 2.75) is 25.3 Å². The normalized spacial score (nSPS) is 17.1. The van der Waals surface area contributed by atoms with Gasteiger partial charge in [0.15, 0.2) is 6.61 Å². The van der Waals surface area contributed by atoms with Crippen molar-refractivity contribution in [3.05, 3.63) is 57.6 Å². The highest BCUT2D eigenvalue weighted by Crippen LogP contribution is 2.35. The molecule has 1 unspecified atom stereocenters. The molecule has 2 aromatic rings. The molecule has 4 rings (SSSR count). The maximum Gasteiger partial charge on any atom is 0.271 e. The smallest absolute Gasteiger partial charge is 0.271 e. The van der Waals surface area contributed by atoms with E-state index in [-0.39, 0.29) is 48.9 Å². The number of nitrogens with one attached hydrogen (secondary N) is 1. The van der Waals surface area contributed by atoms with E-state index in [1.807, 2.05) is 18.2 Å². The lowest BCUT2D eigenvalue weighted by molar-refractivity contribution is -0.384. The van der Waals surface area contributed by atoms with Crippen LogP contribution in [0.5, 0.6) is 5.75 Å². The average Bonchev–Trinajstić information content (AvgIpc) is 2.69. The van der Waals surface area contributed by atoms with E-state index < -0.39 is 10.8 Å². The fourth-order valence-corrected chi connectivity index (χ4v) is 3.85.